The Morgan fingerprint density at radius 1 is 1.15 bits per heavy atom. The largest absolute Gasteiger partial charge is 0.507 e. The van der Waals surface area contributed by atoms with Crippen LogP contribution >= 0.6 is 0 Å². The number of anilines is 2. The normalized spacial score (nSPS) is 13.5. The molecule has 0 bridgehead atoms. The number of hydrogen-bond acceptors (Lipinski definition) is 5. The second-order valence-corrected chi connectivity index (χ2v) is 6.68. The molecule has 0 aliphatic carbocycles. The van der Waals surface area contributed by atoms with Gasteiger partial charge < -0.3 is 15.0 Å². The molecule has 1 aromatic carbocycles. The Morgan fingerprint density at radius 3 is 2.73 bits per heavy atom. The summed E-state index contributed by atoms with van der Waals surface area (Å²) in [6, 6.07) is 9.39. The quantitative estimate of drug-likeness (QED) is 0.743. The van der Waals surface area contributed by atoms with Gasteiger partial charge in [0.1, 0.15) is 5.75 Å². The van der Waals surface area contributed by atoms with Gasteiger partial charge in [-0.1, -0.05) is 6.07 Å². The van der Waals surface area contributed by atoms with Crippen molar-refractivity contribution in [3.05, 3.63) is 63.6 Å². The van der Waals surface area contributed by atoms with Gasteiger partial charge in [-0.25, -0.2) is 0 Å². The molecular weight excluding hydrogens is 328 g/mol. The Kier molecular flexibility index (Phi) is 3.95. The van der Waals surface area contributed by atoms with Crippen LogP contribution in [0.2, 0.25) is 0 Å². The smallest absolute Gasteiger partial charge is 0.253 e. The molecular formula is C20H20N4O2. The number of H-pyrrole nitrogens is 1. The fourth-order valence-corrected chi connectivity index (χ4v) is 3.65. The van der Waals surface area contributed by atoms with Crippen molar-refractivity contribution in [3.63, 3.8) is 0 Å². The van der Waals surface area contributed by atoms with Gasteiger partial charge in [-0.2, -0.15) is 0 Å². The van der Waals surface area contributed by atoms with Gasteiger partial charge in [0.25, 0.3) is 5.56 Å². The molecule has 0 spiro atoms. The number of rotatable bonds is 2. The number of benzene rings is 1. The molecule has 2 aromatic heterocycles. The number of phenols is 1. The van der Waals surface area contributed by atoms with Crippen LogP contribution in [0.1, 0.15) is 23.1 Å². The van der Waals surface area contributed by atoms with E-state index in [1.807, 2.05) is 43.0 Å². The summed E-state index contributed by atoms with van der Waals surface area (Å²) in [5.41, 5.74) is 4.92. The highest BCUT2D eigenvalue weighted by Crippen LogP contribution is 2.34. The van der Waals surface area contributed by atoms with Gasteiger partial charge in [0.05, 0.1) is 11.4 Å². The SMILES string of the molecule is Cc1cc(C)c(-c2ccc(N3CCCc4c3cc[nH]c4=O)nn2)c(O)c1. The van der Waals surface area contributed by atoms with Crippen molar-refractivity contribution in [1.82, 2.24) is 15.2 Å². The molecule has 0 amide bonds. The van der Waals surface area contributed by atoms with Crippen LogP contribution in [0.25, 0.3) is 11.3 Å². The Morgan fingerprint density at radius 2 is 2.00 bits per heavy atom. The van der Waals surface area contributed by atoms with E-state index in [-0.39, 0.29) is 11.3 Å². The first-order valence-electron chi connectivity index (χ1n) is 8.67. The van der Waals surface area contributed by atoms with Gasteiger partial charge in [0.2, 0.25) is 0 Å². The highest BCUT2D eigenvalue weighted by molar-refractivity contribution is 5.72. The summed E-state index contributed by atoms with van der Waals surface area (Å²) in [4.78, 5) is 16.8. The Hall–Kier alpha value is -3.15. The van der Waals surface area contributed by atoms with Gasteiger partial charge in [-0.3, -0.25) is 4.79 Å². The zero-order valence-electron chi connectivity index (χ0n) is 14.8. The molecule has 6 nitrogen and oxygen atoms in total. The topological polar surface area (TPSA) is 82.1 Å². The Labute approximate surface area is 151 Å². The van der Waals surface area contributed by atoms with Crippen molar-refractivity contribution < 1.29 is 5.11 Å². The van der Waals surface area contributed by atoms with Crippen molar-refractivity contribution in [2.24, 2.45) is 0 Å². The molecule has 4 rings (SSSR count). The minimum atomic E-state index is -0.0445. The van der Waals surface area contributed by atoms with Crippen molar-refractivity contribution in [3.8, 4) is 17.0 Å². The number of aromatic amines is 1. The second kappa shape index (κ2) is 6.29. The number of aromatic nitrogens is 3. The summed E-state index contributed by atoms with van der Waals surface area (Å²) in [5, 5.41) is 19.0. The Bertz CT molecular complexity index is 1000. The van der Waals surface area contributed by atoms with Crippen molar-refractivity contribution >= 4 is 11.5 Å². The van der Waals surface area contributed by atoms with Crippen molar-refractivity contribution in [2.45, 2.75) is 26.7 Å². The molecule has 132 valence electrons. The molecule has 3 aromatic rings. The minimum Gasteiger partial charge on any atom is -0.507 e. The molecule has 2 N–H and O–H groups in total. The maximum atomic E-state index is 12.0. The highest BCUT2D eigenvalue weighted by atomic mass is 16.3. The van der Waals surface area contributed by atoms with Crippen LogP contribution in [0.4, 0.5) is 11.5 Å². The van der Waals surface area contributed by atoms with E-state index >= 15 is 0 Å². The monoisotopic (exact) mass is 348 g/mol. The summed E-state index contributed by atoms with van der Waals surface area (Å²) in [6.45, 7) is 4.69. The zero-order chi connectivity index (χ0) is 18.3. The highest BCUT2D eigenvalue weighted by Gasteiger charge is 2.22. The number of pyridine rings is 1. The van der Waals surface area contributed by atoms with E-state index in [0.29, 0.717) is 17.1 Å². The van der Waals surface area contributed by atoms with E-state index in [4.69, 9.17) is 0 Å². The Balaban J connectivity index is 1.73. The van der Waals surface area contributed by atoms with Crippen LogP contribution in [0.5, 0.6) is 5.75 Å². The van der Waals surface area contributed by atoms with E-state index in [0.717, 1.165) is 41.8 Å². The lowest BCUT2D eigenvalue weighted by atomic mass is 10.0. The number of aromatic hydroxyl groups is 1. The van der Waals surface area contributed by atoms with Gasteiger partial charge in [-0.15, -0.1) is 10.2 Å². The molecule has 0 saturated carbocycles. The zero-order valence-corrected chi connectivity index (χ0v) is 14.8. The number of nitrogens with zero attached hydrogens (tertiary/aromatic N) is 3. The second-order valence-electron chi connectivity index (χ2n) is 6.68. The maximum absolute atomic E-state index is 12.0. The van der Waals surface area contributed by atoms with E-state index in [2.05, 4.69) is 15.2 Å². The molecule has 3 heterocycles. The van der Waals surface area contributed by atoms with E-state index < -0.39 is 0 Å². The lowest BCUT2D eigenvalue weighted by Crippen LogP contribution is -2.29. The molecule has 6 heteroatoms. The molecule has 1 aliphatic heterocycles. The standard InChI is InChI=1S/C20H20N4O2/c1-12-10-13(2)19(17(25)11-12)15-5-6-18(23-22-15)24-9-3-4-14-16(24)7-8-21-20(14)26/h5-8,10-11,25H,3-4,9H2,1-2H3,(H,21,26). The third-order valence-electron chi connectivity index (χ3n) is 4.78. The summed E-state index contributed by atoms with van der Waals surface area (Å²) in [6.07, 6.45) is 3.32. The number of aryl methyl sites for hydroxylation is 2. The molecule has 1 aliphatic rings. The summed E-state index contributed by atoms with van der Waals surface area (Å²) in [7, 11) is 0. The summed E-state index contributed by atoms with van der Waals surface area (Å²) >= 11 is 0. The van der Waals surface area contributed by atoms with Crippen LogP contribution in [0, 0.1) is 13.8 Å². The molecule has 26 heavy (non-hydrogen) atoms. The van der Waals surface area contributed by atoms with Gasteiger partial charge in [0, 0.05) is 23.9 Å². The van der Waals surface area contributed by atoms with Gasteiger partial charge in [-0.05, 0) is 62.1 Å². The number of hydrogen-bond donors (Lipinski definition) is 2. The molecule has 0 atom stereocenters. The molecule has 0 radical (unpaired) electrons. The maximum Gasteiger partial charge on any atom is 0.253 e. The average molecular weight is 348 g/mol. The van der Waals surface area contributed by atoms with E-state index in [1.165, 1.54) is 0 Å². The molecule has 0 unspecified atom stereocenters. The van der Waals surface area contributed by atoms with Crippen LogP contribution in [-0.2, 0) is 6.42 Å². The molecule has 0 saturated heterocycles. The summed E-state index contributed by atoms with van der Waals surface area (Å²) in [5.74, 6) is 0.906. The summed E-state index contributed by atoms with van der Waals surface area (Å²) < 4.78 is 0. The lowest BCUT2D eigenvalue weighted by molar-refractivity contribution is 0.476. The number of nitrogens with one attached hydrogen (secondary N) is 1. The first kappa shape index (κ1) is 16.3. The fraction of sp³-hybridized carbons (Fsp3) is 0.250. The third-order valence-corrected chi connectivity index (χ3v) is 4.78. The number of phenolic OH excluding ortho intramolecular Hbond substituents is 1. The van der Waals surface area contributed by atoms with Crippen LogP contribution in [0.3, 0.4) is 0 Å². The van der Waals surface area contributed by atoms with E-state index in [1.54, 1.807) is 12.3 Å². The number of fused-ring (bicyclic) bond motifs is 1. The average Bonchev–Trinajstić information content (AvgIpc) is 2.61. The third kappa shape index (κ3) is 2.73. The first-order valence-corrected chi connectivity index (χ1v) is 8.67. The van der Waals surface area contributed by atoms with Crippen LogP contribution in [0.15, 0.2) is 41.3 Å². The molecule has 0 fully saturated rings. The predicted molar refractivity (Wildman–Crippen MR) is 101 cm³/mol. The first-order chi connectivity index (χ1) is 12.5. The van der Waals surface area contributed by atoms with Crippen LogP contribution < -0.4 is 10.5 Å². The van der Waals surface area contributed by atoms with Gasteiger partial charge >= 0.3 is 0 Å². The minimum absolute atomic E-state index is 0.0445. The fourth-order valence-electron chi connectivity index (χ4n) is 3.65. The van der Waals surface area contributed by atoms with E-state index in [9.17, 15) is 9.90 Å². The van der Waals surface area contributed by atoms with Crippen LogP contribution in [-0.4, -0.2) is 26.8 Å². The lowest BCUT2D eigenvalue weighted by Gasteiger charge is -2.29. The van der Waals surface area contributed by atoms with Crippen molar-refractivity contribution in [2.75, 3.05) is 11.4 Å². The van der Waals surface area contributed by atoms with Gasteiger partial charge in [0.15, 0.2) is 5.82 Å². The van der Waals surface area contributed by atoms with Crippen molar-refractivity contribution in [1.29, 1.82) is 0 Å². The predicted octanol–water partition coefficient (Wildman–Crippen LogP) is 3.24.